The van der Waals surface area contributed by atoms with Gasteiger partial charge in [-0.15, -0.1) is 0 Å². The van der Waals surface area contributed by atoms with Gasteiger partial charge in [-0.25, -0.2) is 4.39 Å². The number of carbonyl (C=O) groups is 2. The Bertz CT molecular complexity index is 1370. The van der Waals surface area contributed by atoms with E-state index < -0.39 is 22.4 Å². The van der Waals surface area contributed by atoms with E-state index in [1.165, 1.54) is 25.3 Å². The highest BCUT2D eigenvalue weighted by Gasteiger charge is 2.43. The number of non-ortho nitro benzene ring substituents is 1. The fourth-order valence-electron chi connectivity index (χ4n) is 3.92. The minimum absolute atomic E-state index is 0.0233. The molecule has 1 aliphatic rings. The summed E-state index contributed by atoms with van der Waals surface area (Å²) in [5.41, 5.74) is 6.72. The molecule has 4 N–H and O–H groups in total. The summed E-state index contributed by atoms with van der Waals surface area (Å²) in [4.78, 5) is 38.3. The Morgan fingerprint density at radius 3 is 2.54 bits per heavy atom. The van der Waals surface area contributed by atoms with Crippen molar-refractivity contribution < 1.29 is 23.6 Å². The van der Waals surface area contributed by atoms with E-state index in [0.29, 0.717) is 40.7 Å². The largest absolute Gasteiger partial charge is 0.496 e. The number of nitrogens with one attached hydrogen (secondary N) is 2. The number of aromatic nitrogens is 1. The number of aryl methyl sites for hydroxylation is 1. The van der Waals surface area contributed by atoms with Gasteiger partial charge in [0, 0.05) is 23.3 Å². The maximum Gasteiger partial charge on any atom is 0.269 e. The van der Waals surface area contributed by atoms with Gasteiger partial charge in [0.05, 0.1) is 24.1 Å². The van der Waals surface area contributed by atoms with E-state index in [9.17, 15) is 24.1 Å². The maximum atomic E-state index is 13.9. The van der Waals surface area contributed by atoms with E-state index in [1.54, 1.807) is 25.1 Å². The van der Waals surface area contributed by atoms with Gasteiger partial charge < -0.3 is 20.8 Å². The monoisotopic (exact) mass is 500 g/mol. The average molecular weight is 501 g/mol. The lowest BCUT2D eigenvalue weighted by Gasteiger charge is -2.14. The molecule has 11 heteroatoms. The van der Waals surface area contributed by atoms with Crippen molar-refractivity contribution in [2.75, 3.05) is 13.7 Å². The molecule has 2 amide bonds. The molecular formula is C24H22ClFN4O5. The zero-order chi connectivity index (χ0) is 25.5. The van der Waals surface area contributed by atoms with Crippen LogP contribution in [0.5, 0.6) is 5.75 Å². The molecule has 0 bridgehead atoms. The number of methoxy groups -OCH3 is 1. The number of H-pyrrole nitrogens is 1. The molecule has 4 rings (SSSR count). The quantitative estimate of drug-likeness (QED) is 0.307. The number of nitrogens with zero attached hydrogens (tertiary/aromatic N) is 1. The second-order valence-electron chi connectivity index (χ2n) is 8.43. The topological polar surface area (TPSA) is 140 Å². The van der Waals surface area contributed by atoms with Gasteiger partial charge in [-0.3, -0.25) is 19.7 Å². The van der Waals surface area contributed by atoms with Gasteiger partial charge in [-0.2, -0.15) is 0 Å². The lowest BCUT2D eigenvalue weighted by atomic mass is 9.93. The van der Waals surface area contributed by atoms with Crippen molar-refractivity contribution in [1.82, 2.24) is 10.3 Å². The van der Waals surface area contributed by atoms with Gasteiger partial charge in [-0.1, -0.05) is 17.7 Å². The summed E-state index contributed by atoms with van der Waals surface area (Å²) < 4.78 is 19.3. The molecule has 182 valence electrons. The number of alkyl halides is 1. The third-order valence-electron chi connectivity index (χ3n) is 5.98. The van der Waals surface area contributed by atoms with Crippen LogP contribution in [0, 0.1) is 17.0 Å². The molecule has 0 aliphatic heterocycles. The van der Waals surface area contributed by atoms with Crippen molar-refractivity contribution in [2.24, 2.45) is 5.73 Å². The third kappa shape index (κ3) is 4.69. The number of benzene rings is 2. The van der Waals surface area contributed by atoms with Crippen molar-refractivity contribution in [3.63, 3.8) is 0 Å². The first-order chi connectivity index (χ1) is 16.5. The first kappa shape index (κ1) is 24.2. The molecule has 9 nitrogen and oxygen atoms in total. The number of primary amides is 1. The normalized spacial score (nSPS) is 13.8. The molecule has 0 spiro atoms. The summed E-state index contributed by atoms with van der Waals surface area (Å²) >= 11 is 6.47. The molecule has 0 atom stereocenters. The van der Waals surface area contributed by atoms with Crippen molar-refractivity contribution in [1.29, 1.82) is 0 Å². The zero-order valence-corrected chi connectivity index (χ0v) is 19.7. The zero-order valence-electron chi connectivity index (χ0n) is 18.9. The lowest BCUT2D eigenvalue weighted by Crippen LogP contribution is -2.31. The van der Waals surface area contributed by atoms with E-state index in [4.69, 9.17) is 22.1 Å². The van der Waals surface area contributed by atoms with Crippen LogP contribution in [0.1, 0.15) is 39.3 Å². The predicted octanol–water partition coefficient (Wildman–Crippen LogP) is 4.56. The maximum absolute atomic E-state index is 13.9. The minimum Gasteiger partial charge on any atom is -0.496 e. The molecule has 1 aromatic heterocycles. The molecule has 2 aromatic carbocycles. The summed E-state index contributed by atoms with van der Waals surface area (Å²) in [6.45, 7) is 1.60. The van der Waals surface area contributed by atoms with E-state index in [-0.39, 0.29) is 34.4 Å². The summed E-state index contributed by atoms with van der Waals surface area (Å²) in [5.74, 6) is -1.07. The first-order valence-corrected chi connectivity index (χ1v) is 11.0. The van der Waals surface area contributed by atoms with Gasteiger partial charge in [0.15, 0.2) is 0 Å². The fraction of sp³-hybridized carbons (Fsp3) is 0.250. The summed E-state index contributed by atoms with van der Waals surface area (Å²) in [7, 11) is 1.38. The molecule has 1 heterocycles. The number of amides is 2. The smallest absolute Gasteiger partial charge is 0.269 e. The highest BCUT2D eigenvalue weighted by atomic mass is 35.5. The Hall–Kier alpha value is -3.92. The van der Waals surface area contributed by atoms with E-state index in [0.717, 1.165) is 0 Å². The van der Waals surface area contributed by atoms with Crippen LogP contribution in [0.25, 0.3) is 22.3 Å². The highest BCUT2D eigenvalue weighted by Crippen LogP contribution is 2.43. The summed E-state index contributed by atoms with van der Waals surface area (Å²) in [6, 6.07) is 8.92. The molecule has 1 aliphatic carbocycles. The molecule has 0 unspecified atom stereocenters. The van der Waals surface area contributed by atoms with Crippen LogP contribution in [0.2, 0.25) is 5.15 Å². The summed E-state index contributed by atoms with van der Waals surface area (Å²) in [6.07, 6.45) is 0.830. The first-order valence-electron chi connectivity index (χ1n) is 10.7. The Balaban J connectivity index is 1.81. The van der Waals surface area contributed by atoms with Gasteiger partial charge in [-0.05, 0) is 54.7 Å². The molecule has 0 radical (unpaired) electrons. The van der Waals surface area contributed by atoms with Gasteiger partial charge in [0.2, 0.25) is 0 Å². The van der Waals surface area contributed by atoms with Crippen LogP contribution < -0.4 is 15.8 Å². The van der Waals surface area contributed by atoms with Crippen molar-refractivity contribution in [3.8, 4) is 28.0 Å². The number of rotatable bonds is 8. The Morgan fingerprint density at radius 1 is 1.26 bits per heavy atom. The number of halogens is 2. The minimum atomic E-state index is -1.35. The fourth-order valence-corrected chi connectivity index (χ4v) is 4.21. The van der Waals surface area contributed by atoms with Crippen molar-refractivity contribution in [3.05, 3.63) is 68.5 Å². The number of aromatic amines is 1. The molecule has 1 fully saturated rings. The molecular weight excluding hydrogens is 479 g/mol. The number of nitro groups is 1. The standard InChI is InChI=1S/C24H22ClFN4O5/c1-12-9-14(30(33)34)4-6-15(12)19-18(20(22(27)31)29-21(19)25)13-3-5-16(17(10-13)35-2)23(32)28-11-24(26)7-8-24/h3-6,9-10,29H,7-8,11H2,1-2H3,(H2,27,31)(H,28,32). The van der Waals surface area contributed by atoms with Gasteiger partial charge in [0.1, 0.15) is 22.3 Å². The third-order valence-corrected chi connectivity index (χ3v) is 6.27. The van der Waals surface area contributed by atoms with Crippen LogP contribution in [0.3, 0.4) is 0 Å². The molecule has 0 saturated heterocycles. The SMILES string of the molecule is COc1cc(-c2c(C(N)=O)[nH]c(Cl)c2-c2ccc([N+](=O)[O-])cc2C)ccc1C(=O)NCC1(F)CC1. The summed E-state index contributed by atoms with van der Waals surface area (Å²) in [5, 5.41) is 13.8. The molecule has 3 aromatic rings. The van der Waals surface area contributed by atoms with Crippen LogP contribution >= 0.6 is 11.6 Å². The van der Waals surface area contributed by atoms with Crippen LogP contribution in [0.15, 0.2) is 36.4 Å². The van der Waals surface area contributed by atoms with Gasteiger partial charge in [0.25, 0.3) is 17.5 Å². The van der Waals surface area contributed by atoms with Crippen LogP contribution in [-0.4, -0.2) is 41.0 Å². The number of hydrogen-bond acceptors (Lipinski definition) is 5. The van der Waals surface area contributed by atoms with E-state index in [2.05, 4.69) is 10.3 Å². The predicted molar refractivity (Wildman–Crippen MR) is 129 cm³/mol. The Labute approximate surface area is 204 Å². The average Bonchev–Trinajstić information content (AvgIpc) is 3.46. The molecule has 1 saturated carbocycles. The van der Waals surface area contributed by atoms with Crippen molar-refractivity contribution in [2.45, 2.75) is 25.4 Å². The van der Waals surface area contributed by atoms with E-state index in [1.807, 2.05) is 0 Å². The van der Waals surface area contributed by atoms with Crippen molar-refractivity contribution >= 4 is 29.1 Å². The number of ether oxygens (including phenoxy) is 1. The highest BCUT2D eigenvalue weighted by molar-refractivity contribution is 6.34. The second-order valence-corrected chi connectivity index (χ2v) is 8.81. The van der Waals surface area contributed by atoms with Crippen LogP contribution in [-0.2, 0) is 0 Å². The Morgan fingerprint density at radius 2 is 1.97 bits per heavy atom. The van der Waals surface area contributed by atoms with Gasteiger partial charge >= 0.3 is 0 Å². The lowest BCUT2D eigenvalue weighted by molar-refractivity contribution is -0.384. The number of carbonyl (C=O) groups excluding carboxylic acids is 2. The second kappa shape index (κ2) is 9.03. The number of hydrogen-bond donors (Lipinski definition) is 3. The number of nitrogens with two attached hydrogens (primary N) is 1. The van der Waals surface area contributed by atoms with E-state index >= 15 is 0 Å². The number of nitro benzene ring substituents is 1. The Kier molecular flexibility index (Phi) is 6.25. The van der Waals surface area contributed by atoms with Crippen LogP contribution in [0.4, 0.5) is 10.1 Å². The molecule has 35 heavy (non-hydrogen) atoms.